The number of aliphatic carboxylic acids is 1. The summed E-state index contributed by atoms with van der Waals surface area (Å²) in [6, 6.07) is 5.67. The maximum absolute atomic E-state index is 11.1. The number of benzene rings is 1. The van der Waals surface area contributed by atoms with Crippen molar-refractivity contribution in [3.8, 4) is 5.75 Å². The Balaban J connectivity index is 0.00000218. The van der Waals surface area contributed by atoms with Crippen LogP contribution in [0.4, 0.5) is 0 Å². The Kier molecular flexibility index (Phi) is 11.5. The van der Waals surface area contributed by atoms with E-state index in [1.54, 1.807) is 0 Å². The van der Waals surface area contributed by atoms with Gasteiger partial charge in [0.25, 0.3) is 0 Å². The van der Waals surface area contributed by atoms with E-state index in [-0.39, 0.29) is 6.42 Å². The fourth-order valence-corrected chi connectivity index (χ4v) is 3.03. The lowest BCUT2D eigenvalue weighted by atomic mass is 10.0. The summed E-state index contributed by atoms with van der Waals surface area (Å²) in [5.41, 5.74) is 5.23. The van der Waals surface area contributed by atoms with E-state index >= 15 is 0 Å². The molecule has 0 amide bonds. The summed E-state index contributed by atoms with van der Waals surface area (Å²) >= 11 is 0. The van der Waals surface area contributed by atoms with Crippen LogP contribution in [0.3, 0.4) is 0 Å². The summed E-state index contributed by atoms with van der Waals surface area (Å²) in [4.78, 5) is 13.3. The zero-order valence-corrected chi connectivity index (χ0v) is 19.4. The molecule has 0 bridgehead atoms. The zero-order valence-electron chi connectivity index (χ0n) is 19.4. The molecule has 2 rings (SSSR count). The van der Waals surface area contributed by atoms with Crippen molar-refractivity contribution in [3.05, 3.63) is 70.9 Å². The molecule has 0 aromatic heterocycles. The minimum absolute atomic E-state index is 0.00997. The van der Waals surface area contributed by atoms with Crippen molar-refractivity contribution in [3.63, 3.8) is 0 Å². The molecule has 0 heterocycles. The van der Waals surface area contributed by atoms with E-state index < -0.39 is 5.97 Å². The van der Waals surface area contributed by atoms with E-state index in [0.29, 0.717) is 6.61 Å². The third kappa shape index (κ3) is 8.83. The van der Waals surface area contributed by atoms with Gasteiger partial charge in [0.1, 0.15) is 12.4 Å². The Morgan fingerprint density at radius 2 is 2.00 bits per heavy atom. The average Bonchev–Trinajstić information content (AvgIpc) is 2.91. The van der Waals surface area contributed by atoms with Gasteiger partial charge in [-0.05, 0) is 75.2 Å². The summed E-state index contributed by atoms with van der Waals surface area (Å²) in [7, 11) is 4.10. The quantitative estimate of drug-likeness (QED) is 0.549. The molecular weight excluding hydrogens is 374 g/mol. The molecule has 0 spiro atoms. The second-order valence-electron chi connectivity index (χ2n) is 7.41. The summed E-state index contributed by atoms with van der Waals surface area (Å²) in [6.45, 7) is 9.61. The molecule has 0 atom stereocenters. The van der Waals surface area contributed by atoms with Crippen LogP contribution in [0.15, 0.2) is 59.7 Å². The smallest absolute Gasteiger partial charge is 0.307 e. The number of allylic oxidation sites excluding steroid dienone is 5. The number of rotatable bonds is 9. The van der Waals surface area contributed by atoms with Gasteiger partial charge in [-0.3, -0.25) is 4.79 Å². The van der Waals surface area contributed by atoms with Crippen LogP contribution in [0.25, 0.3) is 5.57 Å². The molecule has 0 fully saturated rings. The molecule has 4 nitrogen and oxygen atoms in total. The van der Waals surface area contributed by atoms with Crippen molar-refractivity contribution in [2.45, 2.75) is 47.0 Å². The van der Waals surface area contributed by atoms with Gasteiger partial charge in [0.2, 0.25) is 0 Å². The molecule has 164 valence electrons. The second kappa shape index (κ2) is 13.6. The van der Waals surface area contributed by atoms with Crippen LogP contribution in [0.1, 0.15) is 51.7 Å². The van der Waals surface area contributed by atoms with Crippen LogP contribution in [-0.2, 0) is 11.2 Å². The predicted molar refractivity (Wildman–Crippen MR) is 127 cm³/mol. The Hall–Kier alpha value is -2.59. The molecule has 30 heavy (non-hydrogen) atoms. The molecule has 0 unspecified atom stereocenters. The normalized spacial score (nSPS) is 13.8. The van der Waals surface area contributed by atoms with E-state index in [1.807, 2.05) is 32.0 Å². The number of carbonyl (C=O) groups is 1. The highest BCUT2D eigenvalue weighted by molar-refractivity contribution is 5.73. The maximum atomic E-state index is 11.1. The highest BCUT2D eigenvalue weighted by Crippen LogP contribution is 2.29. The molecular formula is C26H37NO3. The first-order chi connectivity index (χ1) is 14.4. The Morgan fingerprint density at radius 1 is 1.27 bits per heavy atom. The van der Waals surface area contributed by atoms with Crippen LogP contribution in [0, 0.1) is 0 Å². The lowest BCUT2D eigenvalue weighted by Crippen LogP contribution is -2.12. The fraction of sp³-hybridized carbons (Fsp3) is 0.423. The number of ether oxygens (including phenoxy) is 1. The van der Waals surface area contributed by atoms with Gasteiger partial charge in [-0.2, -0.15) is 0 Å². The molecule has 1 N–H and O–H groups in total. The van der Waals surface area contributed by atoms with Crippen LogP contribution in [-0.4, -0.2) is 43.2 Å². The SMILES string of the molecule is CC.CC1=CCC=CC=C1COc1ccc(CC(=O)O)cc1/C(C)=C\CCN(C)C. The van der Waals surface area contributed by atoms with Crippen LogP contribution >= 0.6 is 0 Å². The predicted octanol–water partition coefficient (Wildman–Crippen LogP) is 5.91. The number of hydrogen-bond acceptors (Lipinski definition) is 3. The monoisotopic (exact) mass is 411 g/mol. The number of hydrogen-bond donors (Lipinski definition) is 1. The summed E-state index contributed by atoms with van der Waals surface area (Å²) in [5, 5.41) is 9.13. The lowest BCUT2D eigenvalue weighted by Gasteiger charge is -2.16. The minimum Gasteiger partial charge on any atom is -0.488 e. The first-order valence-corrected chi connectivity index (χ1v) is 10.7. The summed E-state index contributed by atoms with van der Waals surface area (Å²) < 4.78 is 6.17. The molecule has 1 aromatic rings. The largest absolute Gasteiger partial charge is 0.488 e. The van der Waals surface area contributed by atoms with Gasteiger partial charge >= 0.3 is 5.97 Å². The van der Waals surface area contributed by atoms with Crippen molar-refractivity contribution in [1.29, 1.82) is 0 Å². The molecule has 4 heteroatoms. The number of carboxylic acids is 1. The summed E-state index contributed by atoms with van der Waals surface area (Å²) in [6.07, 6.45) is 12.5. The third-order valence-corrected chi connectivity index (χ3v) is 4.73. The van der Waals surface area contributed by atoms with Crippen molar-refractivity contribution in [1.82, 2.24) is 4.90 Å². The first-order valence-electron chi connectivity index (χ1n) is 10.7. The molecule has 0 radical (unpaired) electrons. The van der Waals surface area contributed by atoms with Crippen molar-refractivity contribution in [2.24, 2.45) is 0 Å². The van der Waals surface area contributed by atoms with Gasteiger partial charge in [-0.1, -0.05) is 50.3 Å². The highest BCUT2D eigenvalue weighted by Gasteiger charge is 2.11. The topological polar surface area (TPSA) is 49.8 Å². The zero-order chi connectivity index (χ0) is 22.5. The second-order valence-corrected chi connectivity index (χ2v) is 7.41. The van der Waals surface area contributed by atoms with Crippen LogP contribution in [0.2, 0.25) is 0 Å². The van der Waals surface area contributed by atoms with E-state index in [2.05, 4.69) is 63.2 Å². The van der Waals surface area contributed by atoms with Crippen LogP contribution < -0.4 is 4.74 Å². The first kappa shape index (κ1) is 25.4. The molecule has 1 aliphatic carbocycles. The van der Waals surface area contributed by atoms with Gasteiger partial charge in [-0.25, -0.2) is 0 Å². The van der Waals surface area contributed by atoms with E-state index in [0.717, 1.165) is 47.4 Å². The van der Waals surface area contributed by atoms with Crippen molar-refractivity contribution in [2.75, 3.05) is 27.2 Å². The van der Waals surface area contributed by atoms with Gasteiger partial charge in [0.15, 0.2) is 0 Å². The van der Waals surface area contributed by atoms with Gasteiger partial charge in [-0.15, -0.1) is 0 Å². The molecule has 0 aliphatic heterocycles. The Labute approximate surface area is 182 Å². The standard InChI is InChI=1S/C24H31NO3.C2H6/c1-18-9-6-5-7-11-21(18)17-28-23-13-12-20(16-24(26)27)15-22(23)19(2)10-8-14-25(3)4;1-2/h5,7,9-13,15H,6,8,14,16-17H2,1-4H3,(H,26,27);1-2H3/b19-10-;. The summed E-state index contributed by atoms with van der Waals surface area (Å²) in [5.74, 6) is -0.0420. The van der Waals surface area contributed by atoms with Crippen LogP contribution in [0.5, 0.6) is 5.75 Å². The lowest BCUT2D eigenvalue weighted by molar-refractivity contribution is -0.136. The van der Waals surface area contributed by atoms with Crippen molar-refractivity contribution >= 4 is 11.5 Å². The molecule has 0 saturated heterocycles. The molecule has 0 saturated carbocycles. The molecule has 1 aliphatic rings. The van der Waals surface area contributed by atoms with Gasteiger partial charge in [0, 0.05) is 12.1 Å². The van der Waals surface area contributed by atoms with E-state index in [9.17, 15) is 4.79 Å². The number of carboxylic acid groups (broad SMARTS) is 1. The Morgan fingerprint density at radius 3 is 2.67 bits per heavy atom. The minimum atomic E-state index is -0.829. The van der Waals surface area contributed by atoms with Gasteiger partial charge in [0.05, 0.1) is 6.42 Å². The highest BCUT2D eigenvalue weighted by atomic mass is 16.5. The maximum Gasteiger partial charge on any atom is 0.307 e. The third-order valence-electron chi connectivity index (χ3n) is 4.73. The number of nitrogens with zero attached hydrogens (tertiary/aromatic N) is 1. The molecule has 1 aromatic carbocycles. The van der Waals surface area contributed by atoms with E-state index in [1.165, 1.54) is 5.57 Å². The average molecular weight is 412 g/mol. The Bertz CT molecular complexity index is 814. The van der Waals surface area contributed by atoms with E-state index in [4.69, 9.17) is 9.84 Å². The van der Waals surface area contributed by atoms with Crippen molar-refractivity contribution < 1.29 is 14.6 Å². The fourth-order valence-electron chi connectivity index (χ4n) is 3.03. The van der Waals surface area contributed by atoms with Gasteiger partial charge < -0.3 is 14.7 Å².